The summed E-state index contributed by atoms with van der Waals surface area (Å²) in [5, 5.41) is 16.1. The van der Waals surface area contributed by atoms with Crippen molar-refractivity contribution in [3.8, 4) is 5.75 Å². The van der Waals surface area contributed by atoms with E-state index in [4.69, 9.17) is 11.6 Å². The summed E-state index contributed by atoms with van der Waals surface area (Å²) < 4.78 is 0. The number of carbonyl (C=O) groups excluding carboxylic acids is 1. The molecule has 3 N–H and O–H groups in total. The summed E-state index contributed by atoms with van der Waals surface area (Å²) in [7, 11) is 1.96. The number of nitrogens with zero attached hydrogens (tertiary/aromatic N) is 2. The first-order valence-corrected chi connectivity index (χ1v) is 9.18. The Hall–Kier alpha value is -2.00. The number of hydrogen-bond acceptors (Lipinski definition) is 3. The second-order valence-corrected chi connectivity index (χ2v) is 6.46. The third kappa shape index (κ3) is 7.93. The number of phenols is 1. The van der Waals surface area contributed by atoms with Gasteiger partial charge in [0.2, 0.25) is 0 Å². The first-order chi connectivity index (χ1) is 13.0. The highest BCUT2D eigenvalue weighted by atomic mass is 127. The SMILES string of the molecule is CCNC(=NCCNC(=O)c1ccc(O)cc1)N(C)Cc1ccc(Cl)cc1.I. The number of rotatable bonds is 7. The summed E-state index contributed by atoms with van der Waals surface area (Å²) in [4.78, 5) is 18.6. The molecule has 0 spiro atoms. The summed E-state index contributed by atoms with van der Waals surface area (Å²) in [6.45, 7) is 4.34. The van der Waals surface area contributed by atoms with Gasteiger partial charge >= 0.3 is 0 Å². The molecule has 8 heteroatoms. The van der Waals surface area contributed by atoms with Gasteiger partial charge in [-0.2, -0.15) is 0 Å². The highest BCUT2D eigenvalue weighted by Gasteiger charge is 2.07. The van der Waals surface area contributed by atoms with Crippen LogP contribution in [0.4, 0.5) is 0 Å². The van der Waals surface area contributed by atoms with Crippen molar-refractivity contribution >= 4 is 47.4 Å². The van der Waals surface area contributed by atoms with Gasteiger partial charge in [-0.1, -0.05) is 23.7 Å². The van der Waals surface area contributed by atoms with Crippen molar-refractivity contribution in [1.29, 1.82) is 0 Å². The molecule has 0 fully saturated rings. The molecule has 0 unspecified atom stereocenters. The fourth-order valence-corrected chi connectivity index (χ4v) is 2.58. The molecule has 0 aromatic heterocycles. The summed E-state index contributed by atoms with van der Waals surface area (Å²) in [5.74, 6) is 0.714. The number of aromatic hydroxyl groups is 1. The van der Waals surface area contributed by atoms with Crippen molar-refractivity contribution in [2.24, 2.45) is 4.99 Å². The minimum atomic E-state index is -0.190. The van der Waals surface area contributed by atoms with Crippen molar-refractivity contribution in [2.75, 3.05) is 26.7 Å². The molecule has 0 saturated carbocycles. The molecule has 28 heavy (non-hydrogen) atoms. The van der Waals surface area contributed by atoms with E-state index in [1.54, 1.807) is 12.1 Å². The summed E-state index contributed by atoms with van der Waals surface area (Å²) >= 11 is 5.93. The Bertz CT molecular complexity index is 767. The van der Waals surface area contributed by atoms with Gasteiger partial charge < -0.3 is 20.6 Å². The highest BCUT2D eigenvalue weighted by Crippen LogP contribution is 2.11. The van der Waals surface area contributed by atoms with Crippen molar-refractivity contribution < 1.29 is 9.90 Å². The number of halogens is 2. The monoisotopic (exact) mass is 516 g/mol. The predicted octanol–water partition coefficient (Wildman–Crippen LogP) is 3.49. The van der Waals surface area contributed by atoms with E-state index in [1.165, 1.54) is 12.1 Å². The quantitative estimate of drug-likeness (QED) is 0.228. The number of benzene rings is 2. The number of amides is 1. The van der Waals surface area contributed by atoms with Crippen molar-refractivity contribution in [2.45, 2.75) is 13.5 Å². The third-order valence-electron chi connectivity index (χ3n) is 3.82. The average Bonchev–Trinajstić information content (AvgIpc) is 2.66. The Morgan fingerprint density at radius 1 is 1.11 bits per heavy atom. The third-order valence-corrected chi connectivity index (χ3v) is 4.07. The van der Waals surface area contributed by atoms with Crippen molar-refractivity contribution in [1.82, 2.24) is 15.5 Å². The number of guanidine groups is 1. The zero-order valence-corrected chi connectivity index (χ0v) is 19.1. The molecule has 0 aliphatic heterocycles. The van der Waals surface area contributed by atoms with E-state index in [9.17, 15) is 9.90 Å². The van der Waals surface area contributed by atoms with Gasteiger partial charge in [0.1, 0.15) is 5.75 Å². The number of hydrogen-bond donors (Lipinski definition) is 3. The Balaban J connectivity index is 0.00000392. The van der Waals surface area contributed by atoms with Crippen molar-refractivity contribution in [3.05, 3.63) is 64.7 Å². The second kappa shape index (κ2) is 12.5. The molecule has 0 heterocycles. The summed E-state index contributed by atoms with van der Waals surface area (Å²) in [5.41, 5.74) is 1.64. The number of carbonyl (C=O) groups is 1. The maximum atomic E-state index is 12.1. The van der Waals surface area contributed by atoms with Gasteiger partial charge in [0.15, 0.2) is 5.96 Å². The van der Waals surface area contributed by atoms with Crippen LogP contribution >= 0.6 is 35.6 Å². The Labute approximate surface area is 188 Å². The molecule has 2 aromatic rings. The topological polar surface area (TPSA) is 77.0 Å². The molecule has 2 rings (SSSR count). The molecule has 2 aromatic carbocycles. The van der Waals surface area contributed by atoms with Gasteiger partial charge in [-0.05, 0) is 48.9 Å². The lowest BCUT2D eigenvalue weighted by molar-refractivity contribution is 0.0955. The largest absolute Gasteiger partial charge is 0.508 e. The molecule has 0 bridgehead atoms. The van der Waals surface area contributed by atoms with E-state index < -0.39 is 0 Å². The van der Waals surface area contributed by atoms with Crippen LogP contribution in [0.2, 0.25) is 5.02 Å². The van der Waals surface area contributed by atoms with Crippen LogP contribution in [0.25, 0.3) is 0 Å². The van der Waals surface area contributed by atoms with Gasteiger partial charge in [-0.25, -0.2) is 0 Å². The molecule has 152 valence electrons. The first-order valence-electron chi connectivity index (χ1n) is 8.80. The van der Waals surface area contributed by atoms with Crippen LogP contribution in [-0.2, 0) is 6.54 Å². The van der Waals surface area contributed by atoms with Crippen LogP contribution in [0.5, 0.6) is 5.75 Å². The van der Waals surface area contributed by atoms with Gasteiger partial charge in [0.05, 0.1) is 6.54 Å². The normalized spacial score (nSPS) is 10.8. The maximum Gasteiger partial charge on any atom is 0.251 e. The lowest BCUT2D eigenvalue weighted by atomic mass is 10.2. The van der Waals surface area contributed by atoms with Crippen LogP contribution in [0, 0.1) is 0 Å². The number of aliphatic imine (C=N–C) groups is 1. The minimum absolute atomic E-state index is 0. The molecular weight excluding hydrogens is 491 g/mol. The molecule has 0 atom stereocenters. The van der Waals surface area contributed by atoms with E-state index in [-0.39, 0.29) is 35.6 Å². The number of phenolic OH excluding ortho intramolecular Hbond substituents is 1. The molecular formula is C20H26ClIN4O2. The van der Waals surface area contributed by atoms with Gasteiger partial charge in [-0.3, -0.25) is 9.79 Å². The Morgan fingerprint density at radius 3 is 2.36 bits per heavy atom. The van der Waals surface area contributed by atoms with Crippen LogP contribution in [-0.4, -0.2) is 48.6 Å². The molecule has 0 aliphatic rings. The first kappa shape index (κ1) is 24.0. The molecule has 0 aliphatic carbocycles. The van der Waals surface area contributed by atoms with Crippen LogP contribution in [0.1, 0.15) is 22.8 Å². The van der Waals surface area contributed by atoms with E-state index in [2.05, 4.69) is 15.6 Å². The predicted molar refractivity (Wildman–Crippen MR) is 125 cm³/mol. The fraction of sp³-hybridized carbons (Fsp3) is 0.300. The second-order valence-electron chi connectivity index (χ2n) is 6.02. The number of nitrogens with one attached hydrogen (secondary N) is 2. The van der Waals surface area contributed by atoms with Crippen LogP contribution < -0.4 is 10.6 Å². The van der Waals surface area contributed by atoms with E-state index >= 15 is 0 Å². The van der Waals surface area contributed by atoms with Gasteiger partial charge in [0, 0.05) is 37.3 Å². The van der Waals surface area contributed by atoms with Crippen molar-refractivity contribution in [3.63, 3.8) is 0 Å². The maximum absolute atomic E-state index is 12.1. The molecule has 6 nitrogen and oxygen atoms in total. The Kier molecular flexibility index (Phi) is 10.7. The van der Waals surface area contributed by atoms with E-state index in [0.29, 0.717) is 30.2 Å². The Morgan fingerprint density at radius 2 is 1.75 bits per heavy atom. The lowest BCUT2D eigenvalue weighted by Crippen LogP contribution is -2.39. The zero-order valence-electron chi connectivity index (χ0n) is 16.0. The molecule has 0 saturated heterocycles. The van der Waals surface area contributed by atoms with Crippen LogP contribution in [0.15, 0.2) is 53.5 Å². The molecule has 1 amide bonds. The highest BCUT2D eigenvalue weighted by molar-refractivity contribution is 14.0. The zero-order chi connectivity index (χ0) is 19.6. The standard InChI is InChI=1S/C20H25ClN4O2.HI/c1-3-22-20(25(2)14-15-4-8-17(21)9-5-15)24-13-12-23-19(27)16-6-10-18(26)11-7-16;/h4-11,26H,3,12-14H2,1-2H3,(H,22,24)(H,23,27);1H. The fourth-order valence-electron chi connectivity index (χ4n) is 2.45. The van der Waals surface area contributed by atoms with E-state index in [0.717, 1.165) is 18.1 Å². The van der Waals surface area contributed by atoms with Gasteiger partial charge in [0.25, 0.3) is 5.91 Å². The minimum Gasteiger partial charge on any atom is -0.508 e. The summed E-state index contributed by atoms with van der Waals surface area (Å²) in [6, 6.07) is 13.8. The van der Waals surface area contributed by atoms with E-state index in [1.807, 2.05) is 43.1 Å². The average molecular weight is 517 g/mol. The lowest BCUT2D eigenvalue weighted by Gasteiger charge is -2.22. The molecule has 0 radical (unpaired) electrons. The smallest absolute Gasteiger partial charge is 0.251 e. The van der Waals surface area contributed by atoms with Gasteiger partial charge in [-0.15, -0.1) is 24.0 Å². The summed E-state index contributed by atoms with van der Waals surface area (Å²) in [6.07, 6.45) is 0. The van der Waals surface area contributed by atoms with Crippen LogP contribution in [0.3, 0.4) is 0 Å².